The second kappa shape index (κ2) is 8.01. The molecular formula is C24H22ClN5. The Labute approximate surface area is 181 Å². The smallest absolute Gasteiger partial charge is 0.165 e. The first-order chi connectivity index (χ1) is 14.7. The van der Waals surface area contributed by atoms with Gasteiger partial charge in [0.25, 0.3) is 0 Å². The number of rotatable bonds is 4. The molecule has 1 aliphatic rings. The molecule has 1 atom stereocenters. The molecule has 2 aromatic heterocycles. The summed E-state index contributed by atoms with van der Waals surface area (Å²) in [5, 5.41) is 9.76. The van der Waals surface area contributed by atoms with E-state index in [1.165, 1.54) is 11.1 Å². The third-order valence-electron chi connectivity index (χ3n) is 5.56. The van der Waals surface area contributed by atoms with Crippen molar-refractivity contribution in [3.63, 3.8) is 0 Å². The number of hydrogen-bond donors (Lipinski definition) is 0. The lowest BCUT2D eigenvalue weighted by atomic mass is 9.96. The van der Waals surface area contributed by atoms with Crippen molar-refractivity contribution in [3.05, 3.63) is 101 Å². The first-order valence-corrected chi connectivity index (χ1v) is 10.5. The molecule has 2 aromatic carbocycles. The van der Waals surface area contributed by atoms with E-state index in [1.54, 1.807) is 0 Å². The van der Waals surface area contributed by atoms with Crippen LogP contribution >= 0.6 is 11.6 Å². The number of aryl methyl sites for hydroxylation is 1. The summed E-state index contributed by atoms with van der Waals surface area (Å²) in [6, 6.07) is 20.9. The molecule has 0 amide bonds. The largest absolute Gasteiger partial charge is 0.309 e. The van der Waals surface area contributed by atoms with Crippen LogP contribution in [0.2, 0.25) is 5.02 Å². The Bertz CT molecular complexity index is 1170. The zero-order chi connectivity index (χ0) is 20.5. The highest BCUT2D eigenvalue weighted by Crippen LogP contribution is 2.33. The van der Waals surface area contributed by atoms with E-state index >= 15 is 0 Å². The van der Waals surface area contributed by atoms with Crippen LogP contribution in [0, 0.1) is 6.92 Å². The topological polar surface area (TPSA) is 46.8 Å². The van der Waals surface area contributed by atoms with Gasteiger partial charge in [-0.2, -0.15) is 0 Å². The minimum atomic E-state index is 0.111. The Hall–Kier alpha value is -3.02. The van der Waals surface area contributed by atoms with Crippen LogP contribution in [-0.2, 0) is 13.1 Å². The fraction of sp³-hybridized carbons (Fsp3) is 0.208. The van der Waals surface area contributed by atoms with Gasteiger partial charge in [-0.15, -0.1) is 10.2 Å². The van der Waals surface area contributed by atoms with Crippen molar-refractivity contribution in [1.82, 2.24) is 24.6 Å². The number of nitrogens with zero attached hydrogens (tertiary/aromatic N) is 5. The van der Waals surface area contributed by atoms with Gasteiger partial charge in [-0.1, -0.05) is 54.1 Å². The van der Waals surface area contributed by atoms with Crippen molar-refractivity contribution in [2.75, 3.05) is 6.54 Å². The zero-order valence-corrected chi connectivity index (χ0v) is 17.5. The van der Waals surface area contributed by atoms with Gasteiger partial charge >= 0.3 is 0 Å². The van der Waals surface area contributed by atoms with Gasteiger partial charge in [0.2, 0.25) is 0 Å². The summed E-state index contributed by atoms with van der Waals surface area (Å²) in [6.07, 6.45) is 3.71. The molecule has 3 heterocycles. The Morgan fingerprint density at radius 1 is 0.900 bits per heavy atom. The number of fused-ring (bicyclic) bond motifs is 1. The van der Waals surface area contributed by atoms with E-state index in [1.807, 2.05) is 37.5 Å². The summed E-state index contributed by atoms with van der Waals surface area (Å²) in [5.41, 5.74) is 4.56. The van der Waals surface area contributed by atoms with E-state index in [4.69, 9.17) is 11.6 Å². The maximum Gasteiger partial charge on any atom is 0.165 e. The summed E-state index contributed by atoms with van der Waals surface area (Å²) in [5.74, 6) is 1.86. The number of pyridine rings is 1. The molecule has 0 N–H and O–H groups in total. The Balaban J connectivity index is 1.50. The highest BCUT2D eigenvalue weighted by atomic mass is 35.5. The summed E-state index contributed by atoms with van der Waals surface area (Å²) in [6.45, 7) is 4.48. The molecule has 0 saturated carbocycles. The fourth-order valence-electron chi connectivity index (χ4n) is 4.21. The highest BCUT2D eigenvalue weighted by Gasteiger charge is 2.29. The van der Waals surface area contributed by atoms with Crippen molar-refractivity contribution in [1.29, 1.82) is 0 Å². The lowest BCUT2D eigenvalue weighted by Gasteiger charge is -2.35. The molecule has 6 heteroatoms. The second-order valence-corrected chi connectivity index (χ2v) is 8.12. The minimum Gasteiger partial charge on any atom is -0.309 e. The average molecular weight is 416 g/mol. The predicted molar refractivity (Wildman–Crippen MR) is 118 cm³/mol. The van der Waals surface area contributed by atoms with Gasteiger partial charge < -0.3 is 4.57 Å². The van der Waals surface area contributed by atoms with Crippen LogP contribution in [0.4, 0.5) is 0 Å². The van der Waals surface area contributed by atoms with E-state index in [-0.39, 0.29) is 6.04 Å². The van der Waals surface area contributed by atoms with Crippen molar-refractivity contribution in [2.24, 2.45) is 0 Å². The van der Waals surface area contributed by atoms with E-state index < -0.39 is 0 Å². The summed E-state index contributed by atoms with van der Waals surface area (Å²) in [7, 11) is 0. The monoisotopic (exact) mass is 415 g/mol. The van der Waals surface area contributed by atoms with E-state index in [9.17, 15) is 0 Å². The van der Waals surface area contributed by atoms with Crippen LogP contribution in [0.5, 0.6) is 0 Å². The molecule has 0 saturated heterocycles. The normalized spacial score (nSPS) is 15.0. The van der Waals surface area contributed by atoms with Crippen LogP contribution in [0.25, 0.3) is 11.4 Å². The Morgan fingerprint density at radius 2 is 1.73 bits per heavy atom. The number of aromatic nitrogens is 4. The number of benzene rings is 2. The molecule has 30 heavy (non-hydrogen) atoms. The van der Waals surface area contributed by atoms with Crippen molar-refractivity contribution in [3.8, 4) is 11.4 Å². The number of halogens is 1. The predicted octanol–water partition coefficient (Wildman–Crippen LogP) is 4.91. The SMILES string of the molecule is Cc1cncc(-c2nnc3n2CCN(C(c2ccccc2)c2cccc(Cl)c2)C3)c1. The van der Waals surface area contributed by atoms with Gasteiger partial charge in [-0.25, -0.2) is 0 Å². The van der Waals surface area contributed by atoms with Crippen LogP contribution in [0.15, 0.2) is 73.1 Å². The molecule has 150 valence electrons. The van der Waals surface area contributed by atoms with Gasteiger partial charge in [0.15, 0.2) is 5.82 Å². The van der Waals surface area contributed by atoms with Crippen molar-refractivity contribution >= 4 is 11.6 Å². The quantitative estimate of drug-likeness (QED) is 0.475. The van der Waals surface area contributed by atoms with Gasteiger partial charge in [-0.3, -0.25) is 9.88 Å². The lowest BCUT2D eigenvalue weighted by molar-refractivity contribution is 0.176. The Morgan fingerprint density at radius 3 is 2.53 bits per heavy atom. The van der Waals surface area contributed by atoms with Crippen molar-refractivity contribution in [2.45, 2.75) is 26.1 Å². The molecule has 0 radical (unpaired) electrons. The zero-order valence-electron chi connectivity index (χ0n) is 16.7. The standard InChI is InChI=1S/C24H22ClN5/c1-17-12-20(15-26-14-17)24-28-27-22-16-29(10-11-30(22)24)23(18-6-3-2-4-7-18)19-8-5-9-21(25)13-19/h2-9,12-15,23H,10-11,16H2,1H3. The van der Waals surface area contributed by atoms with Gasteiger partial charge in [0.05, 0.1) is 12.6 Å². The fourth-order valence-corrected chi connectivity index (χ4v) is 4.41. The molecule has 4 aromatic rings. The molecule has 5 nitrogen and oxygen atoms in total. The van der Waals surface area contributed by atoms with Gasteiger partial charge in [-0.05, 0) is 41.8 Å². The molecule has 0 bridgehead atoms. The minimum absolute atomic E-state index is 0.111. The molecule has 0 aliphatic carbocycles. The van der Waals surface area contributed by atoms with E-state index in [0.717, 1.165) is 47.4 Å². The first kappa shape index (κ1) is 19.0. The first-order valence-electron chi connectivity index (χ1n) is 10.1. The van der Waals surface area contributed by atoms with Crippen LogP contribution in [-0.4, -0.2) is 31.2 Å². The van der Waals surface area contributed by atoms with Crippen LogP contribution < -0.4 is 0 Å². The average Bonchev–Trinajstić information content (AvgIpc) is 3.18. The number of hydrogen-bond acceptors (Lipinski definition) is 4. The molecular weight excluding hydrogens is 394 g/mol. The molecule has 1 aliphatic heterocycles. The van der Waals surface area contributed by atoms with Crippen LogP contribution in [0.1, 0.15) is 28.6 Å². The summed E-state index contributed by atoms with van der Waals surface area (Å²) < 4.78 is 2.22. The van der Waals surface area contributed by atoms with Gasteiger partial charge in [0, 0.05) is 36.1 Å². The maximum atomic E-state index is 6.33. The molecule has 0 fully saturated rings. The third kappa shape index (κ3) is 3.62. The third-order valence-corrected chi connectivity index (χ3v) is 5.80. The summed E-state index contributed by atoms with van der Waals surface area (Å²) in [4.78, 5) is 6.76. The van der Waals surface area contributed by atoms with E-state index in [0.29, 0.717) is 0 Å². The van der Waals surface area contributed by atoms with E-state index in [2.05, 4.69) is 67.1 Å². The second-order valence-electron chi connectivity index (χ2n) is 7.68. The molecule has 1 unspecified atom stereocenters. The molecule has 5 rings (SSSR count). The van der Waals surface area contributed by atoms with Crippen molar-refractivity contribution < 1.29 is 0 Å². The lowest BCUT2D eigenvalue weighted by Crippen LogP contribution is -2.37. The Kier molecular flexibility index (Phi) is 5.07. The van der Waals surface area contributed by atoms with Crippen LogP contribution in [0.3, 0.4) is 0 Å². The van der Waals surface area contributed by atoms with Gasteiger partial charge in [0.1, 0.15) is 5.82 Å². The summed E-state index contributed by atoms with van der Waals surface area (Å²) >= 11 is 6.33. The highest BCUT2D eigenvalue weighted by molar-refractivity contribution is 6.30. The maximum absolute atomic E-state index is 6.33. The molecule has 0 spiro atoms.